The monoisotopic (exact) mass is 919 g/mol. The number of amides is 5. The highest BCUT2D eigenvalue weighted by molar-refractivity contribution is 6.06. The Hall–Kier alpha value is -6.53. The number of benzene rings is 1. The van der Waals surface area contributed by atoms with Crippen LogP contribution in [-0.2, 0) is 39.9 Å². The van der Waals surface area contributed by atoms with Crippen molar-refractivity contribution in [1.29, 1.82) is 5.26 Å². The number of nitrogens with zero attached hydrogens (tertiary/aromatic N) is 7. The van der Waals surface area contributed by atoms with E-state index >= 15 is 0 Å². The summed E-state index contributed by atoms with van der Waals surface area (Å²) < 4.78 is 24.2. The molecule has 67 heavy (non-hydrogen) atoms. The Bertz CT molecular complexity index is 2480. The van der Waals surface area contributed by atoms with Crippen LogP contribution in [0.5, 0.6) is 0 Å². The van der Waals surface area contributed by atoms with Crippen LogP contribution in [0.3, 0.4) is 0 Å². The average molecular weight is 920 g/mol. The number of likely N-dealkylation sites (N-methyl/N-ethyl adjacent to an activating group) is 1. The minimum Gasteiger partial charge on any atom is -0.382 e. The smallest absolute Gasteiger partial charge is 0.255 e. The molecule has 0 radical (unpaired) electrons. The van der Waals surface area contributed by atoms with Crippen molar-refractivity contribution in [3.8, 4) is 11.9 Å². The van der Waals surface area contributed by atoms with Gasteiger partial charge in [0.25, 0.3) is 11.8 Å². The minimum atomic E-state index is -0.655. The van der Waals surface area contributed by atoms with E-state index in [0.717, 1.165) is 29.5 Å². The summed E-state index contributed by atoms with van der Waals surface area (Å²) in [6.07, 6.45) is 10.0. The van der Waals surface area contributed by atoms with Crippen LogP contribution in [0.25, 0.3) is 16.9 Å². The summed E-state index contributed by atoms with van der Waals surface area (Å²) >= 11 is 0. The Morgan fingerprint density at radius 1 is 0.851 bits per heavy atom. The molecule has 4 aromatic rings. The van der Waals surface area contributed by atoms with Gasteiger partial charge in [0, 0.05) is 91.8 Å². The fraction of sp³-hybridized carbons (Fsp3) is 0.511. The zero-order chi connectivity index (χ0) is 46.7. The van der Waals surface area contributed by atoms with E-state index in [0.29, 0.717) is 144 Å². The summed E-state index contributed by atoms with van der Waals surface area (Å²) in [4.78, 5) is 76.0. The van der Waals surface area contributed by atoms with Crippen molar-refractivity contribution in [2.45, 2.75) is 76.0 Å². The van der Waals surface area contributed by atoms with Gasteiger partial charge >= 0.3 is 0 Å². The summed E-state index contributed by atoms with van der Waals surface area (Å²) in [7, 11) is 1.79. The summed E-state index contributed by atoms with van der Waals surface area (Å²) in [6, 6.07) is 10.7. The van der Waals surface area contributed by atoms with Crippen LogP contribution in [0.15, 0.2) is 48.9 Å². The van der Waals surface area contributed by atoms with E-state index in [1.165, 1.54) is 11.1 Å². The standard InChI is InChI=1S/C47H57N11O9/c1-56(14-16-65-18-20-67-22-21-66-19-17-64-15-13-49-38-4-2-3-35-37(38)29-57(47(35)63)40-11-12-42(59)55-45(40)61)46(62)31-5-7-34(8-6-31)54-44(60)36-28-50-41(24-39(36)53-33-9-10-33)58-43-32(27-52-58)23-30(25-48)26-51-43/h2-4,23-24,26-28,31,33-34,40,49H,5-22,29H2,1H3,(H,50,53)(H,54,60)(H,55,59,61). The van der Waals surface area contributed by atoms with Gasteiger partial charge in [-0.2, -0.15) is 15.0 Å². The second-order valence-corrected chi connectivity index (χ2v) is 17.2. The minimum absolute atomic E-state index is 0.0544. The number of hydrogen-bond acceptors (Lipinski definition) is 15. The molecule has 1 unspecified atom stereocenters. The van der Waals surface area contributed by atoms with Crippen LogP contribution in [0.4, 0.5) is 11.4 Å². The molecule has 4 aliphatic rings. The number of pyridine rings is 2. The lowest BCUT2D eigenvalue weighted by Gasteiger charge is -2.31. The average Bonchev–Trinajstić information content (AvgIpc) is 3.95. The molecule has 2 aliphatic heterocycles. The van der Waals surface area contributed by atoms with Gasteiger partial charge in [-0.25, -0.2) is 9.97 Å². The molecule has 5 heterocycles. The lowest BCUT2D eigenvalue weighted by molar-refractivity contribution is -0.137. The number of carbonyl (C=O) groups is 5. The molecule has 2 saturated carbocycles. The molecule has 3 fully saturated rings. The highest BCUT2D eigenvalue weighted by Gasteiger charge is 2.40. The van der Waals surface area contributed by atoms with Crippen molar-refractivity contribution in [2.24, 2.45) is 5.92 Å². The number of piperidine rings is 1. The zero-order valence-corrected chi connectivity index (χ0v) is 37.7. The van der Waals surface area contributed by atoms with E-state index in [4.69, 9.17) is 18.9 Å². The summed E-state index contributed by atoms with van der Waals surface area (Å²) in [6.45, 7) is 4.57. The number of aromatic nitrogens is 4. The van der Waals surface area contributed by atoms with Crippen molar-refractivity contribution < 1.29 is 42.9 Å². The topological polar surface area (TPSA) is 244 Å². The number of anilines is 2. The number of imide groups is 1. The number of rotatable bonds is 23. The number of hydrogen-bond donors (Lipinski definition) is 4. The van der Waals surface area contributed by atoms with E-state index in [1.807, 2.05) is 12.1 Å². The van der Waals surface area contributed by atoms with Crippen LogP contribution < -0.4 is 21.3 Å². The Kier molecular flexibility index (Phi) is 15.6. The van der Waals surface area contributed by atoms with Gasteiger partial charge in [0.05, 0.1) is 75.9 Å². The number of nitriles is 1. The molecule has 5 amide bonds. The predicted octanol–water partition coefficient (Wildman–Crippen LogP) is 2.95. The van der Waals surface area contributed by atoms with Crippen LogP contribution >= 0.6 is 0 Å². The maximum atomic E-state index is 13.6. The molecule has 1 aromatic carbocycles. The number of fused-ring (bicyclic) bond motifs is 2. The first-order valence-corrected chi connectivity index (χ1v) is 23.0. The van der Waals surface area contributed by atoms with E-state index in [2.05, 4.69) is 42.4 Å². The normalized spacial score (nSPS) is 19.2. The molecule has 20 heteroatoms. The van der Waals surface area contributed by atoms with Gasteiger partial charge in [0.1, 0.15) is 12.1 Å². The third-order valence-electron chi connectivity index (χ3n) is 12.4. The van der Waals surface area contributed by atoms with Gasteiger partial charge in [0.15, 0.2) is 11.5 Å². The van der Waals surface area contributed by atoms with Gasteiger partial charge in [-0.1, -0.05) is 6.07 Å². The summed E-state index contributed by atoms with van der Waals surface area (Å²) in [5.74, 6) is -0.680. The second-order valence-electron chi connectivity index (χ2n) is 17.2. The molecule has 8 rings (SSSR count). The molecule has 1 atom stereocenters. The fourth-order valence-corrected chi connectivity index (χ4v) is 8.60. The first-order valence-electron chi connectivity index (χ1n) is 23.0. The Labute approximate surface area is 388 Å². The fourth-order valence-electron chi connectivity index (χ4n) is 8.60. The van der Waals surface area contributed by atoms with Crippen LogP contribution in [0, 0.1) is 17.2 Å². The molecule has 4 N–H and O–H groups in total. The Balaban J connectivity index is 0.644. The molecular formula is C47H57N11O9. The van der Waals surface area contributed by atoms with E-state index in [1.54, 1.807) is 47.2 Å². The zero-order valence-electron chi connectivity index (χ0n) is 37.7. The molecule has 354 valence electrons. The highest BCUT2D eigenvalue weighted by Crippen LogP contribution is 2.33. The first kappa shape index (κ1) is 47.0. The molecule has 3 aromatic heterocycles. The number of carbonyl (C=O) groups excluding carboxylic acids is 5. The lowest BCUT2D eigenvalue weighted by Crippen LogP contribution is -2.52. The van der Waals surface area contributed by atoms with Crippen LogP contribution in [0.2, 0.25) is 0 Å². The van der Waals surface area contributed by atoms with E-state index in [9.17, 15) is 29.2 Å². The van der Waals surface area contributed by atoms with Crippen molar-refractivity contribution in [2.75, 3.05) is 83.6 Å². The Morgan fingerprint density at radius 2 is 1.57 bits per heavy atom. The highest BCUT2D eigenvalue weighted by atomic mass is 16.6. The van der Waals surface area contributed by atoms with Crippen molar-refractivity contribution in [1.82, 2.24) is 40.2 Å². The lowest BCUT2D eigenvalue weighted by atomic mass is 9.85. The van der Waals surface area contributed by atoms with Gasteiger partial charge in [-0.05, 0) is 63.1 Å². The number of nitrogens with one attached hydrogen (secondary N) is 4. The van der Waals surface area contributed by atoms with Gasteiger partial charge < -0.3 is 44.7 Å². The largest absolute Gasteiger partial charge is 0.382 e. The van der Waals surface area contributed by atoms with Crippen molar-refractivity contribution >= 4 is 51.9 Å². The van der Waals surface area contributed by atoms with Crippen LogP contribution in [-0.4, -0.2) is 150 Å². The predicted molar refractivity (Wildman–Crippen MR) is 243 cm³/mol. The molecule has 0 bridgehead atoms. The summed E-state index contributed by atoms with van der Waals surface area (Å²) in [5.41, 5.74) is 4.34. The van der Waals surface area contributed by atoms with Crippen molar-refractivity contribution in [3.05, 3.63) is 71.2 Å². The molecular weight excluding hydrogens is 863 g/mol. The van der Waals surface area contributed by atoms with Crippen LogP contribution in [0.1, 0.15) is 83.2 Å². The Morgan fingerprint density at radius 3 is 2.28 bits per heavy atom. The maximum Gasteiger partial charge on any atom is 0.255 e. The maximum absolute atomic E-state index is 13.6. The molecule has 1 saturated heterocycles. The van der Waals surface area contributed by atoms with Gasteiger partial charge in [0.2, 0.25) is 17.7 Å². The molecule has 0 spiro atoms. The number of ether oxygens (including phenoxy) is 4. The van der Waals surface area contributed by atoms with E-state index in [-0.39, 0.29) is 42.0 Å². The third-order valence-corrected chi connectivity index (χ3v) is 12.4. The molecule has 2 aliphatic carbocycles. The first-order chi connectivity index (χ1) is 32.7. The van der Waals surface area contributed by atoms with Gasteiger partial charge in [-0.3, -0.25) is 29.3 Å². The molecule has 20 nitrogen and oxygen atoms in total. The summed E-state index contributed by atoms with van der Waals surface area (Å²) in [5, 5.41) is 26.7. The SMILES string of the molecule is CN(CCOCCOCCOCCOCCNc1cccc2c1CN(C1CCC(=O)NC1=O)C2=O)C(=O)C1CCC(NC(=O)c2cnc(-n3ncc4cc(C#N)cnc43)cc2NC2CC2)CC1. The quantitative estimate of drug-likeness (QED) is 0.0618. The van der Waals surface area contributed by atoms with Gasteiger partial charge in [-0.15, -0.1) is 0 Å². The third kappa shape index (κ3) is 11.9. The second kappa shape index (κ2) is 22.3. The van der Waals surface area contributed by atoms with Crippen molar-refractivity contribution in [3.63, 3.8) is 0 Å². The van der Waals surface area contributed by atoms with E-state index < -0.39 is 11.9 Å².